The number of furan rings is 1. The maximum atomic E-state index is 7.08. The van der Waals surface area contributed by atoms with E-state index in [1.807, 2.05) is 0 Å². The van der Waals surface area contributed by atoms with Crippen molar-refractivity contribution in [1.29, 1.82) is 0 Å². The van der Waals surface area contributed by atoms with Crippen LogP contribution in [0, 0.1) is 0 Å². The lowest BCUT2D eigenvalue weighted by Gasteiger charge is -2.29. The number of fused-ring (bicyclic) bond motifs is 9. The van der Waals surface area contributed by atoms with Crippen LogP contribution in [0.15, 0.2) is 283 Å². The maximum absolute atomic E-state index is 7.08. The van der Waals surface area contributed by atoms with Crippen LogP contribution in [0.4, 0.5) is 34.1 Å². The zero-order valence-corrected chi connectivity index (χ0v) is 39.9. The first-order valence-corrected chi connectivity index (χ1v) is 25.0. The van der Waals surface area contributed by atoms with E-state index < -0.39 is 0 Å². The number of nitrogens with zero attached hydrogens (tertiary/aromatic N) is 2. The molecule has 73 heavy (non-hydrogen) atoms. The van der Waals surface area contributed by atoms with Gasteiger partial charge in [0.2, 0.25) is 0 Å². The van der Waals surface area contributed by atoms with Crippen LogP contribution in [0.25, 0.3) is 98.4 Å². The van der Waals surface area contributed by atoms with Crippen molar-refractivity contribution >= 4 is 99.2 Å². The molecule has 0 aliphatic carbocycles. The Morgan fingerprint density at radius 1 is 0.247 bits per heavy atom. The van der Waals surface area contributed by atoms with Gasteiger partial charge in [0, 0.05) is 38.6 Å². The van der Waals surface area contributed by atoms with Crippen LogP contribution in [-0.2, 0) is 0 Å². The average molecular weight is 931 g/mol. The van der Waals surface area contributed by atoms with Gasteiger partial charge in [-0.3, -0.25) is 0 Å². The van der Waals surface area contributed by atoms with Crippen molar-refractivity contribution in [2.45, 2.75) is 0 Å². The summed E-state index contributed by atoms with van der Waals surface area (Å²) in [6.07, 6.45) is 0. The van der Waals surface area contributed by atoms with E-state index in [0.717, 1.165) is 77.6 Å². The highest BCUT2D eigenvalue weighted by Crippen LogP contribution is 2.50. The van der Waals surface area contributed by atoms with Gasteiger partial charge in [0.1, 0.15) is 5.58 Å². The first kappa shape index (κ1) is 42.2. The van der Waals surface area contributed by atoms with Gasteiger partial charge in [0.25, 0.3) is 0 Å². The zero-order chi connectivity index (χ0) is 48.2. The molecule has 0 aliphatic heterocycles. The van der Waals surface area contributed by atoms with Crippen molar-refractivity contribution < 1.29 is 4.42 Å². The molecule has 1 aromatic heterocycles. The molecule has 0 saturated carbocycles. The Morgan fingerprint density at radius 2 is 0.658 bits per heavy atom. The summed E-state index contributed by atoms with van der Waals surface area (Å²) in [5.74, 6) is 0. The zero-order valence-electron chi connectivity index (χ0n) is 39.9. The van der Waals surface area contributed by atoms with Gasteiger partial charge in [-0.25, -0.2) is 0 Å². The van der Waals surface area contributed by atoms with E-state index in [4.69, 9.17) is 4.42 Å². The molecular weight excluding hydrogens is 885 g/mol. The second-order valence-electron chi connectivity index (χ2n) is 18.8. The highest BCUT2D eigenvalue weighted by atomic mass is 16.3. The van der Waals surface area contributed by atoms with Gasteiger partial charge in [-0.15, -0.1) is 0 Å². The molecule has 0 atom stereocenters. The third-order valence-electron chi connectivity index (χ3n) is 14.6. The van der Waals surface area contributed by atoms with Gasteiger partial charge in [-0.05, 0) is 126 Å². The molecule has 0 fully saturated rings. The summed E-state index contributed by atoms with van der Waals surface area (Å²) in [6.45, 7) is 0. The lowest BCUT2D eigenvalue weighted by atomic mass is 9.91. The minimum atomic E-state index is 0.859. The number of hydrogen-bond acceptors (Lipinski definition) is 3. The maximum Gasteiger partial charge on any atom is 0.160 e. The molecule has 0 bridgehead atoms. The number of hydrogen-bond donors (Lipinski definition) is 0. The molecule has 0 amide bonds. The summed E-state index contributed by atoms with van der Waals surface area (Å²) in [4.78, 5) is 4.80. The molecule has 0 saturated heterocycles. The SMILES string of the molecule is c1ccc(-c2ccc(N(c3ccc(-c4ccccc4)cc3)c3ccc(-c4ccc(N(c5ccccc5)c5cc6ccccc6c6c5oc5ccc7ccccc7c56)c5ccccc45)c4ccccc34)cc2)cc1. The Labute approximate surface area is 423 Å². The van der Waals surface area contributed by atoms with Crippen LogP contribution >= 0.6 is 0 Å². The minimum Gasteiger partial charge on any atom is -0.454 e. The summed E-state index contributed by atoms with van der Waals surface area (Å²) >= 11 is 0. The quantitative estimate of drug-likeness (QED) is 0.144. The van der Waals surface area contributed by atoms with Gasteiger partial charge in [0.05, 0.1) is 17.1 Å². The Kier molecular flexibility index (Phi) is 10.2. The first-order chi connectivity index (χ1) is 36.2. The largest absolute Gasteiger partial charge is 0.454 e. The summed E-state index contributed by atoms with van der Waals surface area (Å²) < 4.78 is 7.08. The van der Waals surface area contributed by atoms with E-state index >= 15 is 0 Å². The first-order valence-electron chi connectivity index (χ1n) is 25.0. The molecule has 0 unspecified atom stereocenters. The summed E-state index contributed by atoms with van der Waals surface area (Å²) in [7, 11) is 0. The fourth-order valence-corrected chi connectivity index (χ4v) is 11.2. The van der Waals surface area contributed by atoms with E-state index in [9.17, 15) is 0 Å². The smallest absolute Gasteiger partial charge is 0.160 e. The van der Waals surface area contributed by atoms with Crippen molar-refractivity contribution in [3.8, 4) is 33.4 Å². The highest BCUT2D eigenvalue weighted by Gasteiger charge is 2.25. The monoisotopic (exact) mass is 930 g/mol. The van der Waals surface area contributed by atoms with Crippen molar-refractivity contribution in [3.05, 3.63) is 279 Å². The van der Waals surface area contributed by atoms with Gasteiger partial charge >= 0.3 is 0 Å². The van der Waals surface area contributed by atoms with Crippen LogP contribution in [0.1, 0.15) is 0 Å². The topological polar surface area (TPSA) is 19.6 Å². The van der Waals surface area contributed by atoms with E-state index in [2.05, 4.69) is 289 Å². The van der Waals surface area contributed by atoms with E-state index in [-0.39, 0.29) is 0 Å². The fourth-order valence-electron chi connectivity index (χ4n) is 11.2. The number of anilines is 6. The van der Waals surface area contributed by atoms with E-state index in [0.29, 0.717) is 0 Å². The Balaban J connectivity index is 0.949. The lowest BCUT2D eigenvalue weighted by molar-refractivity contribution is 0.669. The molecule has 3 heteroatoms. The Hall–Kier alpha value is -9.70. The number of benzene rings is 13. The number of rotatable bonds is 9. The second kappa shape index (κ2) is 17.6. The van der Waals surface area contributed by atoms with Gasteiger partial charge < -0.3 is 14.2 Å². The molecule has 14 rings (SSSR count). The van der Waals surface area contributed by atoms with Gasteiger partial charge in [-0.1, -0.05) is 218 Å². The molecule has 13 aromatic carbocycles. The standard InChI is InChI=1S/C70H46N2O/c1-4-18-47(19-5-1)49-32-37-54(38-33-49)71(55-39-34-50(35-40-55)48-20-6-2-7-21-48)64-43-41-60(58-28-14-16-30-62(58)64)61-42-44-65(63-31-17-15-29-59(61)63)72(53-24-8-3-9-25-53)66-46-52-23-11-13-27-57(52)69-68-56-26-12-10-22-51(56)36-45-67(68)73-70(66)69/h1-46H. The van der Waals surface area contributed by atoms with Crippen molar-refractivity contribution in [2.24, 2.45) is 0 Å². The van der Waals surface area contributed by atoms with Crippen LogP contribution in [-0.4, -0.2) is 0 Å². The molecule has 0 N–H and O–H groups in total. The van der Waals surface area contributed by atoms with Crippen molar-refractivity contribution in [1.82, 2.24) is 0 Å². The normalized spacial score (nSPS) is 11.6. The highest BCUT2D eigenvalue weighted by molar-refractivity contribution is 6.29. The molecular formula is C70H46N2O. The third kappa shape index (κ3) is 7.21. The lowest BCUT2D eigenvalue weighted by Crippen LogP contribution is -2.11. The average Bonchev–Trinajstić information content (AvgIpc) is 3.88. The molecule has 0 radical (unpaired) electrons. The molecule has 0 aliphatic rings. The van der Waals surface area contributed by atoms with Crippen LogP contribution in [0.5, 0.6) is 0 Å². The summed E-state index contributed by atoms with van der Waals surface area (Å²) in [5.41, 5.74) is 15.2. The van der Waals surface area contributed by atoms with E-state index in [1.54, 1.807) is 0 Å². The van der Waals surface area contributed by atoms with Crippen LogP contribution < -0.4 is 9.80 Å². The Morgan fingerprint density at radius 3 is 1.21 bits per heavy atom. The van der Waals surface area contributed by atoms with Crippen LogP contribution in [0.3, 0.4) is 0 Å². The predicted molar refractivity (Wildman–Crippen MR) is 309 cm³/mol. The van der Waals surface area contributed by atoms with Crippen molar-refractivity contribution in [3.63, 3.8) is 0 Å². The number of para-hydroxylation sites is 1. The molecule has 3 nitrogen and oxygen atoms in total. The fraction of sp³-hybridized carbons (Fsp3) is 0. The van der Waals surface area contributed by atoms with Gasteiger partial charge in [0.15, 0.2) is 5.58 Å². The predicted octanol–water partition coefficient (Wildman–Crippen LogP) is 20.1. The second-order valence-corrected chi connectivity index (χ2v) is 18.8. The third-order valence-corrected chi connectivity index (χ3v) is 14.6. The summed E-state index contributed by atoms with van der Waals surface area (Å²) in [5, 5.41) is 11.6. The van der Waals surface area contributed by atoms with Crippen molar-refractivity contribution in [2.75, 3.05) is 9.80 Å². The molecule has 0 spiro atoms. The Bertz CT molecular complexity index is 4270. The van der Waals surface area contributed by atoms with Crippen LogP contribution in [0.2, 0.25) is 0 Å². The summed E-state index contributed by atoms with van der Waals surface area (Å²) in [6, 6.07) is 101. The molecule has 342 valence electrons. The van der Waals surface area contributed by atoms with E-state index in [1.165, 1.54) is 54.9 Å². The van der Waals surface area contributed by atoms with Gasteiger partial charge in [-0.2, -0.15) is 0 Å². The molecule has 1 heterocycles. The molecule has 14 aromatic rings. The minimum absolute atomic E-state index is 0.859.